The maximum absolute atomic E-state index is 14.4. The molecule has 0 aliphatic rings. The van der Waals surface area contributed by atoms with Crippen LogP contribution in [-0.4, -0.2) is 37.5 Å². The Bertz CT molecular complexity index is 1350. The number of aliphatic hydroxyl groups is 1. The number of benzene rings is 1. The first kappa shape index (κ1) is 21.8. The lowest BCUT2D eigenvalue weighted by atomic mass is 10.1. The summed E-state index contributed by atoms with van der Waals surface area (Å²) in [7, 11) is 0. The van der Waals surface area contributed by atoms with Crippen LogP contribution in [0.15, 0.2) is 24.5 Å². The molecular formula is C19H14ClF4N5O3. The number of ether oxygens (including phenoxy) is 1. The van der Waals surface area contributed by atoms with Gasteiger partial charge in [-0.1, -0.05) is 11.6 Å². The zero-order valence-electron chi connectivity index (χ0n) is 16.2. The Morgan fingerprint density at radius 1 is 1.38 bits per heavy atom. The van der Waals surface area contributed by atoms with Gasteiger partial charge in [0.05, 0.1) is 34.4 Å². The minimum atomic E-state index is -4.82. The zero-order valence-corrected chi connectivity index (χ0v) is 17.0. The van der Waals surface area contributed by atoms with E-state index in [1.54, 1.807) is 6.92 Å². The van der Waals surface area contributed by atoms with Crippen LogP contribution < -0.4 is 10.1 Å². The number of aromatic nitrogens is 4. The van der Waals surface area contributed by atoms with E-state index in [-0.39, 0.29) is 44.9 Å². The highest BCUT2D eigenvalue weighted by molar-refractivity contribution is 6.34. The van der Waals surface area contributed by atoms with Gasteiger partial charge in [0.1, 0.15) is 11.5 Å². The topological polar surface area (TPSA) is 105 Å². The summed E-state index contributed by atoms with van der Waals surface area (Å²) in [5.74, 6) is -0.922. The van der Waals surface area contributed by atoms with Crippen LogP contribution in [0.5, 0.6) is 5.75 Å². The van der Waals surface area contributed by atoms with Gasteiger partial charge in [0.2, 0.25) is 0 Å². The van der Waals surface area contributed by atoms with Crippen LogP contribution in [0.3, 0.4) is 0 Å². The number of aliphatic hydroxyl groups excluding tert-OH is 1. The molecule has 0 aliphatic heterocycles. The summed E-state index contributed by atoms with van der Waals surface area (Å²) in [6.45, 7) is 1.04. The molecule has 0 bridgehead atoms. The number of carbonyl (C=O) groups excluding carboxylic acids is 1. The third kappa shape index (κ3) is 3.71. The Labute approximate surface area is 181 Å². The second-order valence-electron chi connectivity index (χ2n) is 6.65. The van der Waals surface area contributed by atoms with E-state index in [1.807, 2.05) is 0 Å². The van der Waals surface area contributed by atoms with Gasteiger partial charge in [-0.3, -0.25) is 0 Å². The minimum absolute atomic E-state index is 0.0253. The van der Waals surface area contributed by atoms with Gasteiger partial charge in [-0.05, 0) is 13.0 Å². The molecule has 0 aliphatic carbocycles. The third-order valence-corrected chi connectivity index (χ3v) is 4.84. The Hall–Kier alpha value is -3.38. The van der Waals surface area contributed by atoms with E-state index in [9.17, 15) is 27.5 Å². The van der Waals surface area contributed by atoms with Crippen LogP contribution in [-0.2, 0) is 12.8 Å². The van der Waals surface area contributed by atoms with Crippen LogP contribution in [0.25, 0.3) is 27.6 Å². The average molecular weight is 472 g/mol. The molecule has 8 nitrogen and oxygen atoms in total. The van der Waals surface area contributed by atoms with Gasteiger partial charge in [-0.2, -0.15) is 18.3 Å². The molecule has 0 spiro atoms. The van der Waals surface area contributed by atoms with Crippen molar-refractivity contribution in [3.05, 3.63) is 46.6 Å². The molecule has 4 rings (SSSR count). The molecule has 0 saturated carbocycles. The average Bonchev–Trinajstić information content (AvgIpc) is 3.30. The molecular weight excluding hydrogens is 458 g/mol. The molecule has 168 valence electrons. The van der Waals surface area contributed by atoms with E-state index in [1.165, 1.54) is 6.20 Å². The van der Waals surface area contributed by atoms with E-state index in [4.69, 9.17) is 16.3 Å². The van der Waals surface area contributed by atoms with Crippen molar-refractivity contribution in [1.29, 1.82) is 0 Å². The van der Waals surface area contributed by atoms with Crippen molar-refractivity contribution in [2.75, 3.05) is 6.54 Å². The van der Waals surface area contributed by atoms with E-state index in [0.717, 1.165) is 23.0 Å². The van der Waals surface area contributed by atoms with E-state index in [0.29, 0.717) is 0 Å². The summed E-state index contributed by atoms with van der Waals surface area (Å²) in [6.07, 6.45) is -3.47. The molecule has 0 fully saturated rings. The lowest BCUT2D eigenvalue weighted by Crippen LogP contribution is -2.26. The predicted octanol–water partition coefficient (Wildman–Crippen LogP) is 4.31. The molecule has 0 saturated heterocycles. The Kier molecular flexibility index (Phi) is 5.42. The third-order valence-electron chi connectivity index (χ3n) is 4.57. The summed E-state index contributed by atoms with van der Waals surface area (Å²) in [6, 6.07) is 2.08. The maximum Gasteiger partial charge on any atom is 0.435 e. The first-order valence-corrected chi connectivity index (χ1v) is 9.53. The molecule has 4 aromatic rings. The second-order valence-corrected chi connectivity index (χ2v) is 7.06. The summed E-state index contributed by atoms with van der Waals surface area (Å²) in [5, 5.41) is 15.5. The number of nitrogens with zero attached hydrogens (tertiary/aromatic N) is 3. The van der Waals surface area contributed by atoms with Crippen molar-refractivity contribution >= 4 is 39.6 Å². The molecule has 3 N–H and O–H groups in total. The van der Waals surface area contributed by atoms with Crippen molar-refractivity contribution in [2.45, 2.75) is 19.7 Å². The normalized spacial score (nSPS) is 12.0. The predicted molar refractivity (Wildman–Crippen MR) is 106 cm³/mol. The van der Waals surface area contributed by atoms with Gasteiger partial charge >= 0.3 is 12.3 Å². The van der Waals surface area contributed by atoms with Crippen LogP contribution >= 0.6 is 11.6 Å². The second kappa shape index (κ2) is 7.95. The summed E-state index contributed by atoms with van der Waals surface area (Å²) in [5.41, 5.74) is -1.46. The molecule has 0 unspecified atom stereocenters. The number of hydrogen-bond donors (Lipinski definition) is 3. The molecule has 0 atom stereocenters. The smallest absolute Gasteiger partial charge is 0.408 e. The summed E-state index contributed by atoms with van der Waals surface area (Å²) < 4.78 is 60.3. The highest BCUT2D eigenvalue weighted by Crippen LogP contribution is 2.39. The molecule has 32 heavy (non-hydrogen) atoms. The van der Waals surface area contributed by atoms with E-state index in [2.05, 4.69) is 20.4 Å². The van der Waals surface area contributed by atoms with Crippen molar-refractivity contribution in [2.24, 2.45) is 0 Å². The quantitative estimate of drug-likeness (QED) is 0.385. The fourth-order valence-electron chi connectivity index (χ4n) is 3.32. The van der Waals surface area contributed by atoms with Gasteiger partial charge in [0.25, 0.3) is 0 Å². The van der Waals surface area contributed by atoms with Crippen LogP contribution in [0.4, 0.5) is 22.4 Å². The molecule has 13 heteroatoms. The monoisotopic (exact) mass is 471 g/mol. The number of halogens is 5. The van der Waals surface area contributed by atoms with Gasteiger partial charge in [-0.15, -0.1) is 0 Å². The van der Waals surface area contributed by atoms with E-state index >= 15 is 0 Å². The van der Waals surface area contributed by atoms with Gasteiger partial charge in [-0.25, -0.2) is 18.9 Å². The Balaban J connectivity index is 2.00. The van der Waals surface area contributed by atoms with Crippen LogP contribution in [0.2, 0.25) is 5.02 Å². The molecule has 1 amide bonds. The maximum atomic E-state index is 14.4. The van der Waals surface area contributed by atoms with Gasteiger partial charge in [0.15, 0.2) is 11.4 Å². The van der Waals surface area contributed by atoms with Crippen molar-refractivity contribution in [1.82, 2.24) is 25.1 Å². The molecule has 1 aromatic carbocycles. The number of hydrogen-bond acceptors (Lipinski definition) is 5. The fourth-order valence-corrected chi connectivity index (χ4v) is 3.55. The number of H-pyrrole nitrogens is 1. The largest absolute Gasteiger partial charge is 0.435 e. The van der Waals surface area contributed by atoms with Crippen LogP contribution in [0, 0.1) is 5.82 Å². The number of rotatable bonds is 4. The number of fused-ring (bicyclic) bond motifs is 3. The standard InChI is InChI=1S/C19H14ClF4N5O3/c1-2-25-18(31)32-12-4-9(21)3-10-13-15(11(20)5-26-17(13)27-14(10)12)29-6-8(7-30)16(28-29)19(22,23)24/h3-6,30H,2,7H2,1H3,(H,25,31)(H,26,27). The van der Waals surface area contributed by atoms with Gasteiger partial charge < -0.3 is 20.1 Å². The minimum Gasteiger partial charge on any atom is -0.408 e. The fraction of sp³-hybridized carbons (Fsp3) is 0.211. The number of pyridine rings is 1. The first-order chi connectivity index (χ1) is 15.1. The molecule has 0 radical (unpaired) electrons. The number of aromatic amines is 1. The summed E-state index contributed by atoms with van der Waals surface area (Å²) in [4.78, 5) is 18.8. The van der Waals surface area contributed by atoms with Gasteiger partial charge in [0, 0.05) is 29.8 Å². The Morgan fingerprint density at radius 2 is 2.12 bits per heavy atom. The lowest BCUT2D eigenvalue weighted by molar-refractivity contribution is -0.142. The first-order valence-electron chi connectivity index (χ1n) is 9.16. The van der Waals surface area contributed by atoms with Crippen molar-refractivity contribution < 1.29 is 32.2 Å². The van der Waals surface area contributed by atoms with Crippen molar-refractivity contribution in [3.63, 3.8) is 0 Å². The highest BCUT2D eigenvalue weighted by Gasteiger charge is 2.37. The lowest BCUT2D eigenvalue weighted by Gasteiger charge is -2.08. The SMILES string of the molecule is CCNC(=O)Oc1cc(F)cc2c1[nH]c1ncc(Cl)c(-n3cc(CO)c(C(F)(F)F)n3)c12. The summed E-state index contributed by atoms with van der Waals surface area (Å²) >= 11 is 6.25. The van der Waals surface area contributed by atoms with Crippen LogP contribution in [0.1, 0.15) is 18.2 Å². The number of amides is 1. The van der Waals surface area contributed by atoms with E-state index < -0.39 is 36.0 Å². The zero-order chi connectivity index (χ0) is 23.2. The molecule has 3 aromatic heterocycles. The number of carbonyl (C=O) groups is 1. The number of alkyl halides is 3. The highest BCUT2D eigenvalue weighted by atomic mass is 35.5. The number of nitrogens with one attached hydrogen (secondary N) is 2. The Morgan fingerprint density at radius 3 is 2.75 bits per heavy atom. The molecule has 3 heterocycles. The van der Waals surface area contributed by atoms with Crippen molar-refractivity contribution in [3.8, 4) is 11.4 Å².